The summed E-state index contributed by atoms with van der Waals surface area (Å²) in [6, 6.07) is 2.44. The average Bonchev–Trinajstić information content (AvgIpc) is 2.64. The van der Waals surface area contributed by atoms with E-state index in [-0.39, 0.29) is 40.2 Å². The van der Waals surface area contributed by atoms with Gasteiger partial charge < -0.3 is 14.2 Å². The second kappa shape index (κ2) is 7.40. The lowest BCUT2D eigenvalue weighted by atomic mass is 9.48. The summed E-state index contributed by atoms with van der Waals surface area (Å²) in [4.78, 5) is 24.7. The first-order valence-corrected chi connectivity index (χ1v) is 10.9. The van der Waals surface area contributed by atoms with Crippen LogP contribution in [0.1, 0.15) is 63.2 Å². The Hall–Kier alpha value is -1.82. The maximum atomic E-state index is 14.7. The molecule has 5 rings (SSSR count). The van der Waals surface area contributed by atoms with Crippen molar-refractivity contribution >= 4 is 23.5 Å². The molecule has 4 aliphatic rings. The molecule has 4 aliphatic carbocycles. The number of hydrogen-bond donors (Lipinski definition) is 0. The van der Waals surface area contributed by atoms with Crippen molar-refractivity contribution in [3.8, 4) is 5.75 Å². The molecule has 1 aromatic rings. The third kappa shape index (κ3) is 3.79. The molecular formula is C23H28ClFO5. The van der Waals surface area contributed by atoms with Crippen LogP contribution in [0, 0.1) is 29.0 Å². The Morgan fingerprint density at radius 3 is 2.33 bits per heavy atom. The lowest BCUT2D eigenvalue weighted by Crippen LogP contribution is -2.58. The number of halogens is 2. The average molecular weight is 439 g/mol. The molecule has 164 valence electrons. The Kier molecular flexibility index (Phi) is 5.28. The van der Waals surface area contributed by atoms with Gasteiger partial charge in [-0.3, -0.25) is 4.79 Å². The molecule has 30 heavy (non-hydrogen) atoms. The zero-order chi connectivity index (χ0) is 21.8. The summed E-state index contributed by atoms with van der Waals surface area (Å²) in [5, 5.41) is 0.175. The van der Waals surface area contributed by atoms with Crippen molar-refractivity contribution in [3.63, 3.8) is 0 Å². The number of methoxy groups -OCH3 is 1. The number of ether oxygens (including phenoxy) is 3. The third-order valence-electron chi connectivity index (χ3n) is 6.71. The van der Waals surface area contributed by atoms with E-state index in [4.69, 9.17) is 25.8 Å². The molecule has 0 saturated heterocycles. The molecule has 2 unspecified atom stereocenters. The van der Waals surface area contributed by atoms with Crippen LogP contribution >= 0.6 is 11.6 Å². The molecule has 0 radical (unpaired) electrons. The van der Waals surface area contributed by atoms with Gasteiger partial charge in [-0.25, -0.2) is 9.18 Å². The maximum Gasteiger partial charge on any atom is 0.341 e. The highest BCUT2D eigenvalue weighted by Crippen LogP contribution is 2.61. The lowest BCUT2D eigenvalue weighted by Gasteiger charge is -2.58. The largest absolute Gasteiger partial charge is 0.488 e. The zero-order valence-corrected chi connectivity index (χ0v) is 18.6. The summed E-state index contributed by atoms with van der Waals surface area (Å²) in [5.74, 6) is -0.456. The summed E-state index contributed by atoms with van der Waals surface area (Å²) >= 11 is 6.36. The van der Waals surface area contributed by atoms with E-state index >= 15 is 0 Å². The van der Waals surface area contributed by atoms with Crippen molar-refractivity contribution in [2.45, 2.75) is 64.6 Å². The Labute approximate surface area is 181 Å². The normalized spacial score (nSPS) is 32.1. The van der Waals surface area contributed by atoms with Gasteiger partial charge in [-0.2, -0.15) is 0 Å². The number of rotatable bonds is 4. The van der Waals surface area contributed by atoms with Crippen LogP contribution in [0.2, 0.25) is 5.02 Å². The Balaban J connectivity index is 1.54. The molecule has 4 bridgehead atoms. The van der Waals surface area contributed by atoms with Crippen molar-refractivity contribution in [2.75, 3.05) is 7.11 Å². The highest BCUT2D eigenvalue weighted by molar-refractivity contribution is 6.32. The summed E-state index contributed by atoms with van der Waals surface area (Å²) in [5.41, 5.74) is -1.35. The highest BCUT2D eigenvalue weighted by Gasteiger charge is 2.60. The van der Waals surface area contributed by atoms with Gasteiger partial charge in [-0.05, 0) is 76.7 Å². The highest BCUT2D eigenvalue weighted by atomic mass is 35.5. The first kappa shape index (κ1) is 21.4. The van der Waals surface area contributed by atoms with Crippen molar-refractivity contribution in [1.29, 1.82) is 0 Å². The lowest BCUT2D eigenvalue weighted by molar-refractivity contribution is -0.179. The predicted octanol–water partition coefficient (Wildman–Crippen LogP) is 5.18. The molecule has 2 atom stereocenters. The zero-order valence-electron chi connectivity index (χ0n) is 17.8. The summed E-state index contributed by atoms with van der Waals surface area (Å²) in [6.07, 6.45) is 4.22. The van der Waals surface area contributed by atoms with Gasteiger partial charge in [0.25, 0.3) is 0 Å². The minimum Gasteiger partial charge on any atom is -0.488 e. The van der Waals surface area contributed by atoms with E-state index in [0.717, 1.165) is 32.1 Å². The number of benzene rings is 1. The molecule has 0 heterocycles. The van der Waals surface area contributed by atoms with Gasteiger partial charge in [0.15, 0.2) is 0 Å². The fourth-order valence-corrected chi connectivity index (χ4v) is 6.10. The molecule has 0 N–H and O–H groups in total. The number of esters is 2. The van der Waals surface area contributed by atoms with E-state index in [1.807, 2.05) is 0 Å². The van der Waals surface area contributed by atoms with E-state index in [0.29, 0.717) is 5.92 Å². The minimum absolute atomic E-state index is 0.119. The van der Waals surface area contributed by atoms with Crippen molar-refractivity contribution in [3.05, 3.63) is 28.5 Å². The molecule has 4 saturated carbocycles. The van der Waals surface area contributed by atoms with Gasteiger partial charge in [-0.1, -0.05) is 11.6 Å². The molecule has 4 fully saturated rings. The van der Waals surface area contributed by atoms with Crippen LogP contribution in [0.25, 0.3) is 0 Å². The first-order chi connectivity index (χ1) is 14.0. The quantitative estimate of drug-likeness (QED) is 0.606. The van der Waals surface area contributed by atoms with Crippen LogP contribution < -0.4 is 4.74 Å². The van der Waals surface area contributed by atoms with E-state index in [1.165, 1.54) is 19.2 Å². The number of carbonyl (C=O) groups excluding carboxylic acids is 2. The monoisotopic (exact) mass is 438 g/mol. The van der Waals surface area contributed by atoms with Crippen LogP contribution in [0.5, 0.6) is 5.75 Å². The van der Waals surface area contributed by atoms with E-state index in [9.17, 15) is 14.0 Å². The molecule has 1 aromatic carbocycles. The molecule has 5 nitrogen and oxygen atoms in total. The molecule has 0 aromatic heterocycles. The molecule has 0 amide bonds. The Morgan fingerprint density at radius 1 is 1.13 bits per heavy atom. The van der Waals surface area contributed by atoms with Gasteiger partial charge in [0.1, 0.15) is 23.3 Å². The summed E-state index contributed by atoms with van der Waals surface area (Å²) in [6.45, 7) is 5.15. The van der Waals surface area contributed by atoms with Crippen molar-refractivity contribution < 1.29 is 28.2 Å². The molecular weight excluding hydrogens is 411 g/mol. The van der Waals surface area contributed by atoms with E-state index in [2.05, 4.69) is 0 Å². The SMILES string of the molecule is COC(=O)C12CC3CC(C1)C(Oc1cc(F)c(C(=O)OC(C)(C)C)cc1Cl)C(C3)C2. The van der Waals surface area contributed by atoms with Crippen molar-refractivity contribution in [1.82, 2.24) is 0 Å². The maximum absolute atomic E-state index is 14.7. The smallest absolute Gasteiger partial charge is 0.341 e. The van der Waals surface area contributed by atoms with Gasteiger partial charge in [0.05, 0.1) is 23.1 Å². The van der Waals surface area contributed by atoms with Gasteiger partial charge in [0.2, 0.25) is 0 Å². The predicted molar refractivity (Wildman–Crippen MR) is 109 cm³/mol. The number of hydrogen-bond acceptors (Lipinski definition) is 5. The second-order valence-corrected chi connectivity index (χ2v) is 10.5. The topological polar surface area (TPSA) is 61.8 Å². The summed E-state index contributed by atoms with van der Waals surface area (Å²) in [7, 11) is 1.45. The third-order valence-corrected chi connectivity index (χ3v) is 7.00. The Morgan fingerprint density at radius 2 is 1.77 bits per heavy atom. The molecule has 0 aliphatic heterocycles. The fraction of sp³-hybridized carbons (Fsp3) is 0.652. The first-order valence-electron chi connectivity index (χ1n) is 10.5. The molecule has 0 spiro atoms. The van der Waals surface area contributed by atoms with Crippen LogP contribution in [-0.2, 0) is 14.3 Å². The Bertz CT molecular complexity index is 861. The van der Waals surface area contributed by atoms with Crippen LogP contribution in [0.4, 0.5) is 4.39 Å². The van der Waals surface area contributed by atoms with Crippen LogP contribution in [0.3, 0.4) is 0 Å². The fourth-order valence-electron chi connectivity index (χ4n) is 5.89. The molecule has 7 heteroatoms. The van der Waals surface area contributed by atoms with E-state index < -0.39 is 22.8 Å². The second-order valence-electron chi connectivity index (χ2n) is 10.1. The van der Waals surface area contributed by atoms with Gasteiger partial charge in [-0.15, -0.1) is 0 Å². The van der Waals surface area contributed by atoms with Gasteiger partial charge in [0, 0.05) is 6.07 Å². The van der Waals surface area contributed by atoms with E-state index in [1.54, 1.807) is 20.8 Å². The van der Waals surface area contributed by atoms with Crippen LogP contribution in [-0.4, -0.2) is 30.8 Å². The summed E-state index contributed by atoms with van der Waals surface area (Å²) < 4.78 is 31.2. The number of carbonyl (C=O) groups is 2. The minimum atomic E-state index is -0.761. The van der Waals surface area contributed by atoms with Crippen LogP contribution in [0.15, 0.2) is 12.1 Å². The van der Waals surface area contributed by atoms with Gasteiger partial charge >= 0.3 is 11.9 Å². The van der Waals surface area contributed by atoms with Crippen molar-refractivity contribution in [2.24, 2.45) is 23.2 Å². The standard InChI is InChI=1S/C23H28ClFO5/c1-22(2,3)30-20(26)15-7-16(24)18(8-17(15)25)29-19-13-5-12-6-14(19)11-23(9-12,10-13)21(27)28-4/h7-8,12-14,19H,5-6,9-11H2,1-4H3.